The van der Waals surface area contributed by atoms with Crippen LogP contribution in [-0.2, 0) is 11.2 Å². The smallest absolute Gasteiger partial charge is 0.234 e. The summed E-state index contributed by atoms with van der Waals surface area (Å²) < 4.78 is 12.3. The molecule has 2 heterocycles. The van der Waals surface area contributed by atoms with Gasteiger partial charge in [-0.3, -0.25) is 4.79 Å². The number of benzene rings is 2. The fraction of sp³-hybridized carbons (Fsp3) is 0.208. The van der Waals surface area contributed by atoms with Gasteiger partial charge in [0.1, 0.15) is 16.5 Å². The summed E-state index contributed by atoms with van der Waals surface area (Å²) in [5, 5.41) is 8.29. The monoisotopic (exact) mass is 448 g/mol. The Kier molecular flexibility index (Phi) is 6.61. The molecule has 1 N–H and O–H groups in total. The van der Waals surface area contributed by atoms with Crippen LogP contribution in [-0.4, -0.2) is 40.5 Å². The van der Waals surface area contributed by atoms with Crippen LogP contribution in [0.5, 0.6) is 11.5 Å². The Morgan fingerprint density at radius 1 is 1.09 bits per heavy atom. The number of anilines is 1. The van der Waals surface area contributed by atoms with E-state index in [2.05, 4.69) is 46.6 Å². The zero-order valence-corrected chi connectivity index (χ0v) is 19.0. The van der Waals surface area contributed by atoms with E-state index in [4.69, 9.17) is 9.47 Å². The van der Waals surface area contributed by atoms with E-state index < -0.39 is 0 Å². The highest BCUT2D eigenvalue weighted by molar-refractivity contribution is 8.00. The predicted molar refractivity (Wildman–Crippen MR) is 127 cm³/mol. The standard InChI is InChI=1S/C24H24N4O3S/c1-4-16-5-7-17(8-6-16)20-14-21-24(25-11-12-28(21)27-20)32-15-23(29)26-19-10-9-18(30-2)13-22(19)31-3/h5-14H,4,15H2,1-3H3,(H,26,29). The van der Waals surface area contributed by atoms with Gasteiger partial charge in [0.15, 0.2) is 0 Å². The van der Waals surface area contributed by atoms with Crippen LogP contribution in [0.3, 0.4) is 0 Å². The van der Waals surface area contributed by atoms with Crippen molar-refractivity contribution in [2.24, 2.45) is 0 Å². The number of thioether (sulfide) groups is 1. The highest BCUT2D eigenvalue weighted by Crippen LogP contribution is 2.30. The largest absolute Gasteiger partial charge is 0.497 e. The molecule has 7 nitrogen and oxygen atoms in total. The molecule has 0 aliphatic carbocycles. The number of ether oxygens (including phenoxy) is 2. The number of fused-ring (bicyclic) bond motifs is 1. The van der Waals surface area contributed by atoms with E-state index in [-0.39, 0.29) is 11.7 Å². The molecule has 8 heteroatoms. The van der Waals surface area contributed by atoms with Gasteiger partial charge in [-0.25, -0.2) is 9.50 Å². The zero-order valence-electron chi connectivity index (χ0n) is 18.2. The SMILES string of the molecule is CCc1ccc(-c2cc3c(SCC(=O)Nc4ccc(OC)cc4OC)nccn3n2)cc1. The molecular formula is C24H24N4O3S. The lowest BCUT2D eigenvalue weighted by atomic mass is 10.1. The van der Waals surface area contributed by atoms with Crippen molar-refractivity contribution in [3.8, 4) is 22.8 Å². The van der Waals surface area contributed by atoms with Crippen molar-refractivity contribution in [3.05, 3.63) is 66.5 Å². The zero-order chi connectivity index (χ0) is 22.5. The molecule has 0 fully saturated rings. The number of nitrogens with one attached hydrogen (secondary N) is 1. The number of aryl methyl sites for hydroxylation is 1. The number of carbonyl (C=O) groups is 1. The van der Waals surface area contributed by atoms with E-state index in [1.54, 1.807) is 43.1 Å². The van der Waals surface area contributed by atoms with Gasteiger partial charge in [-0.2, -0.15) is 5.10 Å². The van der Waals surface area contributed by atoms with E-state index in [0.717, 1.165) is 28.2 Å². The first-order chi connectivity index (χ1) is 15.6. The maximum atomic E-state index is 12.6. The second-order valence-electron chi connectivity index (χ2n) is 7.05. The number of rotatable bonds is 8. The van der Waals surface area contributed by atoms with Crippen LogP contribution >= 0.6 is 11.8 Å². The number of nitrogens with zero attached hydrogens (tertiary/aromatic N) is 3. The molecule has 32 heavy (non-hydrogen) atoms. The summed E-state index contributed by atoms with van der Waals surface area (Å²) in [6.45, 7) is 2.13. The number of methoxy groups -OCH3 is 2. The first kappa shape index (κ1) is 21.7. The molecule has 4 aromatic rings. The molecule has 0 aliphatic rings. The molecule has 2 aromatic carbocycles. The van der Waals surface area contributed by atoms with E-state index >= 15 is 0 Å². The van der Waals surface area contributed by atoms with Crippen molar-refractivity contribution in [3.63, 3.8) is 0 Å². The summed E-state index contributed by atoms with van der Waals surface area (Å²) in [7, 11) is 3.14. The molecule has 0 saturated heterocycles. The molecule has 164 valence electrons. The molecule has 2 aromatic heterocycles. The molecule has 0 atom stereocenters. The number of carbonyl (C=O) groups excluding carboxylic acids is 1. The lowest BCUT2D eigenvalue weighted by Gasteiger charge is -2.11. The Balaban J connectivity index is 1.48. The predicted octanol–water partition coefficient (Wildman–Crippen LogP) is 4.71. The summed E-state index contributed by atoms with van der Waals surface area (Å²) in [5.74, 6) is 1.24. The summed E-state index contributed by atoms with van der Waals surface area (Å²) in [6.07, 6.45) is 4.50. The third kappa shape index (κ3) is 4.70. The first-order valence-electron chi connectivity index (χ1n) is 10.2. The van der Waals surface area contributed by atoms with Gasteiger partial charge in [0.25, 0.3) is 0 Å². The second-order valence-corrected chi connectivity index (χ2v) is 8.01. The van der Waals surface area contributed by atoms with Crippen LogP contribution in [0.4, 0.5) is 5.69 Å². The number of hydrogen-bond acceptors (Lipinski definition) is 6. The van der Waals surface area contributed by atoms with Gasteiger partial charge in [0, 0.05) is 24.0 Å². The van der Waals surface area contributed by atoms with E-state index in [1.807, 2.05) is 12.3 Å². The maximum Gasteiger partial charge on any atom is 0.234 e. The Morgan fingerprint density at radius 2 is 1.91 bits per heavy atom. The third-order valence-corrected chi connectivity index (χ3v) is 6.03. The van der Waals surface area contributed by atoms with Crippen LogP contribution in [0.1, 0.15) is 12.5 Å². The number of hydrogen-bond donors (Lipinski definition) is 1. The first-order valence-corrected chi connectivity index (χ1v) is 11.2. The minimum atomic E-state index is -0.155. The molecule has 1 amide bonds. The van der Waals surface area contributed by atoms with Crippen LogP contribution in [0.15, 0.2) is 66.0 Å². The van der Waals surface area contributed by atoms with E-state index in [9.17, 15) is 4.79 Å². The highest BCUT2D eigenvalue weighted by Gasteiger charge is 2.13. The Morgan fingerprint density at radius 3 is 2.62 bits per heavy atom. The number of aromatic nitrogens is 3. The van der Waals surface area contributed by atoms with Crippen LogP contribution in [0.25, 0.3) is 16.8 Å². The van der Waals surface area contributed by atoms with Gasteiger partial charge in [-0.1, -0.05) is 43.0 Å². The van der Waals surface area contributed by atoms with Crippen molar-refractivity contribution in [2.75, 3.05) is 25.3 Å². The molecule has 4 rings (SSSR count). The topological polar surface area (TPSA) is 77.8 Å². The normalized spacial score (nSPS) is 10.8. The van der Waals surface area contributed by atoms with Crippen molar-refractivity contribution >= 4 is 28.9 Å². The molecule has 0 unspecified atom stereocenters. The molecule has 0 aliphatic heterocycles. The fourth-order valence-corrected chi connectivity index (χ4v) is 4.06. The second kappa shape index (κ2) is 9.74. The van der Waals surface area contributed by atoms with E-state index in [0.29, 0.717) is 17.2 Å². The molecule has 0 saturated carbocycles. The van der Waals surface area contributed by atoms with Crippen LogP contribution in [0.2, 0.25) is 0 Å². The minimum Gasteiger partial charge on any atom is -0.497 e. The summed E-state index contributed by atoms with van der Waals surface area (Å²) >= 11 is 1.36. The van der Waals surface area contributed by atoms with Gasteiger partial charge >= 0.3 is 0 Å². The van der Waals surface area contributed by atoms with Crippen molar-refractivity contribution in [1.82, 2.24) is 14.6 Å². The summed E-state index contributed by atoms with van der Waals surface area (Å²) in [5.41, 5.74) is 4.66. The van der Waals surface area contributed by atoms with Crippen LogP contribution in [0, 0.1) is 0 Å². The number of amides is 1. The molecular weight excluding hydrogens is 424 g/mol. The lowest BCUT2D eigenvalue weighted by molar-refractivity contribution is -0.113. The van der Waals surface area contributed by atoms with Gasteiger partial charge in [0.05, 0.1) is 36.9 Å². The quantitative estimate of drug-likeness (QED) is 0.394. The van der Waals surface area contributed by atoms with Crippen LogP contribution < -0.4 is 14.8 Å². The fourth-order valence-electron chi connectivity index (χ4n) is 3.28. The van der Waals surface area contributed by atoms with Gasteiger partial charge < -0.3 is 14.8 Å². The highest BCUT2D eigenvalue weighted by atomic mass is 32.2. The average Bonchev–Trinajstić information content (AvgIpc) is 3.28. The van der Waals surface area contributed by atoms with Crippen molar-refractivity contribution in [2.45, 2.75) is 18.4 Å². The summed E-state index contributed by atoms with van der Waals surface area (Å²) in [6, 6.07) is 15.6. The van der Waals surface area contributed by atoms with E-state index in [1.165, 1.54) is 17.3 Å². The van der Waals surface area contributed by atoms with Crippen molar-refractivity contribution < 1.29 is 14.3 Å². The average molecular weight is 449 g/mol. The van der Waals surface area contributed by atoms with Gasteiger partial charge in [-0.15, -0.1) is 0 Å². The minimum absolute atomic E-state index is 0.155. The molecule has 0 radical (unpaired) electrons. The Labute approximate surface area is 190 Å². The van der Waals surface area contributed by atoms with Gasteiger partial charge in [0.2, 0.25) is 5.91 Å². The Bertz CT molecular complexity index is 1240. The maximum absolute atomic E-state index is 12.6. The Hall–Kier alpha value is -3.52. The van der Waals surface area contributed by atoms with Gasteiger partial charge in [-0.05, 0) is 30.2 Å². The summed E-state index contributed by atoms with van der Waals surface area (Å²) in [4.78, 5) is 17.0. The molecule has 0 bridgehead atoms. The third-order valence-electron chi connectivity index (χ3n) is 5.04. The molecule has 0 spiro atoms. The lowest BCUT2D eigenvalue weighted by Crippen LogP contribution is -2.15. The van der Waals surface area contributed by atoms with Crippen molar-refractivity contribution in [1.29, 1.82) is 0 Å².